The first-order chi connectivity index (χ1) is 6.33. The molecule has 0 radical (unpaired) electrons. The SMILES string of the molecule is CCCCCCC[NH+]1CCC(C)C1.[Cl-]. The Morgan fingerprint density at radius 3 is 2.43 bits per heavy atom. The van der Waals surface area contributed by atoms with E-state index in [1.54, 1.807) is 0 Å². The van der Waals surface area contributed by atoms with Gasteiger partial charge < -0.3 is 17.3 Å². The molecule has 1 heterocycles. The number of quaternary nitrogens is 1. The van der Waals surface area contributed by atoms with Crippen molar-refractivity contribution in [3.8, 4) is 0 Å². The third-order valence-electron chi connectivity index (χ3n) is 3.26. The number of nitrogens with one attached hydrogen (secondary N) is 1. The molecule has 0 saturated carbocycles. The summed E-state index contributed by atoms with van der Waals surface area (Å²) in [7, 11) is 0. The summed E-state index contributed by atoms with van der Waals surface area (Å²) in [5.41, 5.74) is 0. The molecule has 0 bridgehead atoms. The summed E-state index contributed by atoms with van der Waals surface area (Å²) in [6.07, 6.45) is 8.65. The van der Waals surface area contributed by atoms with E-state index in [1.165, 1.54) is 58.2 Å². The molecule has 1 aliphatic heterocycles. The topological polar surface area (TPSA) is 4.44 Å². The standard InChI is InChI=1S/C12H25N.ClH/c1-3-4-5-6-7-9-13-10-8-12(2)11-13;/h12H,3-11H2,1-2H3;1H. The van der Waals surface area contributed by atoms with Crippen molar-refractivity contribution in [2.45, 2.75) is 52.4 Å². The van der Waals surface area contributed by atoms with Gasteiger partial charge in [-0.15, -0.1) is 0 Å². The maximum Gasteiger partial charge on any atom is 0.0799 e. The second kappa shape index (κ2) is 8.55. The van der Waals surface area contributed by atoms with Crippen LogP contribution < -0.4 is 17.3 Å². The van der Waals surface area contributed by atoms with E-state index in [4.69, 9.17) is 0 Å². The predicted molar refractivity (Wildman–Crippen MR) is 58.1 cm³/mol. The highest BCUT2D eigenvalue weighted by atomic mass is 35.5. The first kappa shape index (κ1) is 14.2. The number of rotatable bonds is 6. The van der Waals surface area contributed by atoms with E-state index in [-0.39, 0.29) is 12.4 Å². The van der Waals surface area contributed by atoms with Gasteiger partial charge in [-0.2, -0.15) is 0 Å². The fourth-order valence-electron chi connectivity index (χ4n) is 2.35. The summed E-state index contributed by atoms with van der Waals surface area (Å²) in [5.74, 6) is 0.991. The Balaban J connectivity index is 0.00000169. The Morgan fingerprint density at radius 1 is 1.14 bits per heavy atom. The average molecular weight is 220 g/mol. The first-order valence-electron chi connectivity index (χ1n) is 6.16. The van der Waals surface area contributed by atoms with E-state index < -0.39 is 0 Å². The van der Waals surface area contributed by atoms with Crippen LogP contribution in [0, 0.1) is 5.92 Å². The van der Waals surface area contributed by atoms with Crippen molar-refractivity contribution >= 4 is 0 Å². The summed E-state index contributed by atoms with van der Waals surface area (Å²) in [6.45, 7) is 8.99. The minimum atomic E-state index is 0. The Labute approximate surface area is 95.7 Å². The molecule has 1 saturated heterocycles. The van der Waals surface area contributed by atoms with Crippen molar-refractivity contribution in [2.75, 3.05) is 19.6 Å². The zero-order chi connectivity index (χ0) is 9.52. The minimum Gasteiger partial charge on any atom is -1.00 e. The van der Waals surface area contributed by atoms with Gasteiger partial charge in [0.25, 0.3) is 0 Å². The van der Waals surface area contributed by atoms with E-state index in [2.05, 4.69) is 13.8 Å². The molecule has 0 spiro atoms. The van der Waals surface area contributed by atoms with Crippen LogP contribution in [0.5, 0.6) is 0 Å². The van der Waals surface area contributed by atoms with Gasteiger partial charge in [-0.1, -0.05) is 33.1 Å². The number of hydrogen-bond acceptors (Lipinski definition) is 0. The molecule has 0 aromatic heterocycles. The molecule has 1 N–H and O–H groups in total. The molecule has 1 nitrogen and oxygen atoms in total. The molecule has 1 rings (SSSR count). The molecule has 86 valence electrons. The van der Waals surface area contributed by atoms with Gasteiger partial charge in [0.2, 0.25) is 0 Å². The molecule has 2 heteroatoms. The Hall–Kier alpha value is 0.250. The lowest BCUT2D eigenvalue weighted by molar-refractivity contribution is -0.889. The normalized spacial score (nSPS) is 26.1. The number of unbranched alkanes of at least 4 members (excludes halogenated alkanes) is 4. The second-order valence-corrected chi connectivity index (χ2v) is 4.76. The number of halogens is 1. The third-order valence-corrected chi connectivity index (χ3v) is 3.26. The summed E-state index contributed by atoms with van der Waals surface area (Å²) in [5, 5.41) is 0. The van der Waals surface area contributed by atoms with Gasteiger partial charge in [-0.05, 0) is 12.8 Å². The van der Waals surface area contributed by atoms with Crippen LogP contribution in [-0.2, 0) is 0 Å². The van der Waals surface area contributed by atoms with E-state index in [0.29, 0.717) is 0 Å². The van der Waals surface area contributed by atoms with Gasteiger partial charge in [0.15, 0.2) is 0 Å². The molecular formula is C12H26ClN. The zero-order valence-electron chi connectivity index (χ0n) is 9.82. The van der Waals surface area contributed by atoms with Crippen LogP contribution in [0.25, 0.3) is 0 Å². The van der Waals surface area contributed by atoms with Crippen LogP contribution in [0.3, 0.4) is 0 Å². The summed E-state index contributed by atoms with van der Waals surface area (Å²) >= 11 is 0. The lowest BCUT2D eigenvalue weighted by atomic mass is 10.1. The van der Waals surface area contributed by atoms with Gasteiger partial charge in [-0.3, -0.25) is 0 Å². The fraction of sp³-hybridized carbons (Fsp3) is 1.00. The Kier molecular flexibility index (Phi) is 8.70. The number of hydrogen-bond donors (Lipinski definition) is 1. The predicted octanol–water partition coefficient (Wildman–Crippen LogP) is -1.11. The highest BCUT2D eigenvalue weighted by molar-refractivity contribution is 4.55. The van der Waals surface area contributed by atoms with Crippen molar-refractivity contribution in [3.63, 3.8) is 0 Å². The zero-order valence-corrected chi connectivity index (χ0v) is 10.6. The highest BCUT2D eigenvalue weighted by Crippen LogP contribution is 2.03. The third kappa shape index (κ3) is 5.87. The quantitative estimate of drug-likeness (QED) is 0.541. The molecule has 2 atom stereocenters. The summed E-state index contributed by atoms with van der Waals surface area (Å²) < 4.78 is 0. The van der Waals surface area contributed by atoms with E-state index in [9.17, 15) is 0 Å². The van der Waals surface area contributed by atoms with Gasteiger partial charge >= 0.3 is 0 Å². The molecule has 1 aliphatic rings. The molecule has 0 aromatic rings. The molecule has 2 unspecified atom stereocenters. The van der Waals surface area contributed by atoms with Gasteiger partial charge in [-0.25, -0.2) is 0 Å². The van der Waals surface area contributed by atoms with Crippen molar-refractivity contribution in [1.82, 2.24) is 0 Å². The highest BCUT2D eigenvalue weighted by Gasteiger charge is 2.21. The maximum absolute atomic E-state index is 2.39. The summed E-state index contributed by atoms with van der Waals surface area (Å²) in [6, 6.07) is 0. The van der Waals surface area contributed by atoms with Gasteiger partial charge in [0, 0.05) is 12.3 Å². The van der Waals surface area contributed by atoms with Gasteiger partial charge in [0.1, 0.15) is 0 Å². The summed E-state index contributed by atoms with van der Waals surface area (Å²) in [4.78, 5) is 1.86. The van der Waals surface area contributed by atoms with Crippen LogP contribution >= 0.6 is 0 Å². The Morgan fingerprint density at radius 2 is 1.86 bits per heavy atom. The second-order valence-electron chi connectivity index (χ2n) is 4.76. The monoisotopic (exact) mass is 219 g/mol. The fourth-order valence-corrected chi connectivity index (χ4v) is 2.35. The van der Waals surface area contributed by atoms with Crippen LogP contribution in [0.4, 0.5) is 0 Å². The molecule has 0 aromatic carbocycles. The molecule has 14 heavy (non-hydrogen) atoms. The largest absolute Gasteiger partial charge is 1.00 e. The van der Waals surface area contributed by atoms with Crippen LogP contribution in [0.1, 0.15) is 52.4 Å². The lowest BCUT2D eigenvalue weighted by Gasteiger charge is -2.11. The minimum absolute atomic E-state index is 0. The van der Waals surface area contributed by atoms with E-state index in [1.807, 2.05) is 4.90 Å². The van der Waals surface area contributed by atoms with E-state index >= 15 is 0 Å². The van der Waals surface area contributed by atoms with Crippen molar-refractivity contribution in [3.05, 3.63) is 0 Å². The van der Waals surface area contributed by atoms with E-state index in [0.717, 1.165) is 5.92 Å². The van der Waals surface area contributed by atoms with Crippen molar-refractivity contribution in [2.24, 2.45) is 5.92 Å². The maximum atomic E-state index is 2.39. The Bertz CT molecular complexity index is 127. The molecule has 0 amide bonds. The average Bonchev–Trinajstić information content (AvgIpc) is 2.51. The molecule has 0 aliphatic carbocycles. The van der Waals surface area contributed by atoms with Gasteiger partial charge in [0.05, 0.1) is 19.6 Å². The number of likely N-dealkylation sites (tertiary alicyclic amines) is 1. The lowest BCUT2D eigenvalue weighted by Crippen LogP contribution is -3.10. The van der Waals surface area contributed by atoms with Crippen LogP contribution in [0.2, 0.25) is 0 Å². The smallest absolute Gasteiger partial charge is 0.0799 e. The molecule has 1 fully saturated rings. The molecular weight excluding hydrogens is 194 g/mol. The van der Waals surface area contributed by atoms with Crippen molar-refractivity contribution in [1.29, 1.82) is 0 Å². The van der Waals surface area contributed by atoms with Crippen LogP contribution in [0.15, 0.2) is 0 Å². The van der Waals surface area contributed by atoms with Crippen LogP contribution in [-0.4, -0.2) is 19.6 Å². The van der Waals surface area contributed by atoms with Crippen molar-refractivity contribution < 1.29 is 17.3 Å². The first-order valence-corrected chi connectivity index (χ1v) is 6.16.